The molecule has 0 spiro atoms. The number of rotatable bonds is 8. The average molecular weight is 337 g/mol. The van der Waals surface area contributed by atoms with Crippen molar-refractivity contribution in [2.75, 3.05) is 53.0 Å². The van der Waals surface area contributed by atoms with E-state index in [1.54, 1.807) is 12.0 Å². The second-order valence-electron chi connectivity index (χ2n) is 6.30. The molecule has 6 nitrogen and oxygen atoms in total. The maximum Gasteiger partial charge on any atom is 0.278 e. The summed E-state index contributed by atoms with van der Waals surface area (Å²) in [6.45, 7) is 10.7. The van der Waals surface area contributed by atoms with E-state index >= 15 is 0 Å². The molecule has 3 N–H and O–H groups in total. The Labute approximate surface area is 144 Å². The molecule has 134 valence electrons. The molecule has 0 radical (unpaired) electrons. The van der Waals surface area contributed by atoms with Gasteiger partial charge < -0.3 is 24.6 Å². The van der Waals surface area contributed by atoms with E-state index in [1.807, 2.05) is 38.1 Å². The van der Waals surface area contributed by atoms with E-state index in [2.05, 4.69) is 5.32 Å². The molecule has 1 saturated heterocycles. The zero-order valence-electron chi connectivity index (χ0n) is 15.1. The number of amides is 1. The van der Waals surface area contributed by atoms with Crippen LogP contribution in [-0.2, 0) is 4.79 Å². The third-order valence-corrected chi connectivity index (χ3v) is 4.74. The first kappa shape index (κ1) is 18.5. The highest BCUT2D eigenvalue weighted by atomic mass is 16.5. The number of hydrogen-bond donors (Lipinski definition) is 3. The first-order chi connectivity index (χ1) is 11.6. The number of carbonyl (C=O) groups is 1. The van der Waals surface area contributed by atoms with E-state index in [4.69, 9.17) is 9.47 Å². The lowest BCUT2D eigenvalue weighted by Gasteiger charge is -2.32. The van der Waals surface area contributed by atoms with Gasteiger partial charge in [-0.1, -0.05) is 0 Å². The average Bonchev–Trinajstić information content (AvgIpc) is 2.62. The molecule has 1 aliphatic rings. The number of benzene rings is 1. The van der Waals surface area contributed by atoms with Crippen LogP contribution < -0.4 is 24.6 Å². The van der Waals surface area contributed by atoms with Crippen LogP contribution in [0.15, 0.2) is 24.3 Å². The lowest BCUT2D eigenvalue weighted by Crippen LogP contribution is -3.30. The number of hydrogen-bond acceptors (Lipinski definition) is 3. The van der Waals surface area contributed by atoms with Gasteiger partial charge in [0.1, 0.15) is 50.8 Å². The zero-order chi connectivity index (χ0) is 17.4. The predicted molar refractivity (Wildman–Crippen MR) is 92.9 cm³/mol. The summed E-state index contributed by atoms with van der Waals surface area (Å²) in [6, 6.07) is 7.73. The number of quaternary nitrogens is 2. The molecule has 24 heavy (non-hydrogen) atoms. The molecular weight excluding hydrogens is 306 g/mol. The van der Waals surface area contributed by atoms with Crippen molar-refractivity contribution in [1.82, 2.24) is 5.32 Å². The number of piperazine rings is 1. The summed E-state index contributed by atoms with van der Waals surface area (Å²) >= 11 is 0. The van der Waals surface area contributed by atoms with Gasteiger partial charge in [0.2, 0.25) is 0 Å². The molecule has 1 aliphatic heterocycles. The van der Waals surface area contributed by atoms with Crippen molar-refractivity contribution in [3.8, 4) is 11.5 Å². The highest BCUT2D eigenvalue weighted by Crippen LogP contribution is 2.16. The standard InChI is InChI=1S/C18H29N3O3/c1-4-19-18(22)15(2)21-11-9-20(10-12-21)13-14-24-17-7-5-16(23-3)6-8-17/h5-8,15H,4,9-14H2,1-3H3,(H,19,22)/p+2/t15-/m0/s1. The van der Waals surface area contributed by atoms with Crippen LogP contribution in [-0.4, -0.2) is 64.9 Å². The summed E-state index contributed by atoms with van der Waals surface area (Å²) in [7, 11) is 1.66. The second kappa shape index (κ2) is 9.49. The first-order valence-corrected chi connectivity index (χ1v) is 8.86. The van der Waals surface area contributed by atoms with E-state index in [1.165, 1.54) is 4.90 Å². The van der Waals surface area contributed by atoms with Gasteiger partial charge in [-0.15, -0.1) is 0 Å². The Hall–Kier alpha value is -1.79. The van der Waals surface area contributed by atoms with Gasteiger partial charge in [0.05, 0.1) is 7.11 Å². The highest BCUT2D eigenvalue weighted by molar-refractivity contribution is 5.79. The number of ether oxygens (including phenoxy) is 2. The minimum atomic E-state index is 0.0436. The summed E-state index contributed by atoms with van der Waals surface area (Å²) in [5, 5.41) is 2.92. The molecule has 1 amide bonds. The maximum atomic E-state index is 11.9. The lowest BCUT2D eigenvalue weighted by molar-refractivity contribution is -1.02. The van der Waals surface area contributed by atoms with Crippen LogP contribution in [0.4, 0.5) is 0 Å². The molecule has 1 atom stereocenters. The van der Waals surface area contributed by atoms with Gasteiger partial charge in [-0.05, 0) is 38.1 Å². The minimum absolute atomic E-state index is 0.0436. The molecule has 6 heteroatoms. The van der Waals surface area contributed by atoms with Crippen LogP contribution >= 0.6 is 0 Å². The Morgan fingerprint density at radius 1 is 1.17 bits per heavy atom. The number of methoxy groups -OCH3 is 1. The van der Waals surface area contributed by atoms with Crippen molar-refractivity contribution in [1.29, 1.82) is 0 Å². The molecule has 0 aliphatic carbocycles. The van der Waals surface area contributed by atoms with E-state index in [0.29, 0.717) is 13.2 Å². The fraction of sp³-hybridized carbons (Fsp3) is 0.611. The van der Waals surface area contributed by atoms with Crippen LogP contribution in [0.25, 0.3) is 0 Å². The van der Waals surface area contributed by atoms with Crippen LogP contribution in [0.3, 0.4) is 0 Å². The van der Waals surface area contributed by atoms with Crippen molar-refractivity contribution >= 4 is 5.91 Å². The Balaban J connectivity index is 1.66. The first-order valence-electron chi connectivity index (χ1n) is 8.86. The van der Waals surface area contributed by atoms with Gasteiger partial charge in [-0.25, -0.2) is 0 Å². The van der Waals surface area contributed by atoms with Crippen molar-refractivity contribution in [2.24, 2.45) is 0 Å². The molecule has 1 fully saturated rings. The SMILES string of the molecule is CCNC(=O)[C@H](C)[NH+]1CC[NH+](CCOc2ccc(OC)cc2)CC1. The predicted octanol–water partition coefficient (Wildman–Crippen LogP) is -1.62. The fourth-order valence-corrected chi connectivity index (χ4v) is 3.11. The van der Waals surface area contributed by atoms with E-state index in [9.17, 15) is 4.79 Å². The van der Waals surface area contributed by atoms with Crippen LogP contribution in [0, 0.1) is 0 Å². The lowest BCUT2D eigenvalue weighted by atomic mass is 10.2. The van der Waals surface area contributed by atoms with Gasteiger partial charge in [0, 0.05) is 6.54 Å². The van der Waals surface area contributed by atoms with E-state index in [-0.39, 0.29) is 11.9 Å². The molecule has 0 aromatic heterocycles. The molecule has 2 rings (SSSR count). The largest absolute Gasteiger partial charge is 0.497 e. The van der Waals surface area contributed by atoms with Crippen LogP contribution in [0.2, 0.25) is 0 Å². The number of likely N-dealkylation sites (N-methyl/N-ethyl adjacent to an activating group) is 1. The Bertz CT molecular complexity index is 499. The van der Waals surface area contributed by atoms with Crippen LogP contribution in [0.5, 0.6) is 11.5 Å². The molecule has 1 aromatic carbocycles. The summed E-state index contributed by atoms with van der Waals surface area (Å²) in [4.78, 5) is 14.9. The van der Waals surface area contributed by atoms with Gasteiger partial charge in [0.15, 0.2) is 6.04 Å². The smallest absolute Gasteiger partial charge is 0.278 e. The molecule has 0 bridgehead atoms. The Morgan fingerprint density at radius 2 is 1.79 bits per heavy atom. The van der Waals surface area contributed by atoms with Gasteiger partial charge in [-0.2, -0.15) is 0 Å². The molecule has 0 saturated carbocycles. The van der Waals surface area contributed by atoms with Crippen molar-refractivity contribution < 1.29 is 24.1 Å². The van der Waals surface area contributed by atoms with Crippen molar-refractivity contribution in [3.63, 3.8) is 0 Å². The van der Waals surface area contributed by atoms with Gasteiger partial charge >= 0.3 is 0 Å². The Kier molecular flexibility index (Phi) is 7.34. The normalized spacial score (nSPS) is 21.8. The summed E-state index contributed by atoms with van der Waals surface area (Å²) in [5.41, 5.74) is 0. The van der Waals surface area contributed by atoms with Crippen molar-refractivity contribution in [3.05, 3.63) is 24.3 Å². The zero-order valence-corrected chi connectivity index (χ0v) is 15.1. The summed E-state index contributed by atoms with van der Waals surface area (Å²) in [5.74, 6) is 1.89. The Morgan fingerprint density at radius 3 is 2.38 bits per heavy atom. The maximum absolute atomic E-state index is 11.9. The fourth-order valence-electron chi connectivity index (χ4n) is 3.11. The minimum Gasteiger partial charge on any atom is -0.497 e. The topological polar surface area (TPSA) is 56.4 Å². The summed E-state index contributed by atoms with van der Waals surface area (Å²) < 4.78 is 10.9. The molecule has 0 unspecified atom stereocenters. The van der Waals surface area contributed by atoms with Gasteiger partial charge in [0.25, 0.3) is 5.91 Å². The van der Waals surface area contributed by atoms with Crippen molar-refractivity contribution in [2.45, 2.75) is 19.9 Å². The van der Waals surface area contributed by atoms with Gasteiger partial charge in [-0.3, -0.25) is 4.79 Å². The monoisotopic (exact) mass is 337 g/mol. The second-order valence-corrected chi connectivity index (χ2v) is 6.30. The summed E-state index contributed by atoms with van der Waals surface area (Å²) in [6.07, 6.45) is 0. The number of carbonyl (C=O) groups excluding carboxylic acids is 1. The molecule has 1 aromatic rings. The number of nitrogens with one attached hydrogen (secondary N) is 3. The third-order valence-electron chi connectivity index (χ3n) is 4.74. The molecule has 1 heterocycles. The quantitative estimate of drug-likeness (QED) is 0.535. The van der Waals surface area contributed by atoms with E-state index in [0.717, 1.165) is 44.2 Å². The third kappa shape index (κ3) is 5.39. The molecular formula is C18H31N3O3+2. The van der Waals surface area contributed by atoms with E-state index < -0.39 is 0 Å². The highest BCUT2D eigenvalue weighted by Gasteiger charge is 2.30. The van der Waals surface area contributed by atoms with Crippen LogP contribution in [0.1, 0.15) is 13.8 Å².